The Bertz CT molecular complexity index is 487. The third-order valence-electron chi connectivity index (χ3n) is 3.91. The number of anilines is 1. The van der Waals surface area contributed by atoms with Crippen LogP contribution in [0.1, 0.15) is 38.2 Å². The number of rotatable bonds is 4. The van der Waals surface area contributed by atoms with Crippen molar-refractivity contribution in [1.29, 1.82) is 0 Å². The highest BCUT2D eigenvalue weighted by Gasteiger charge is 2.23. The van der Waals surface area contributed by atoms with E-state index in [0.717, 1.165) is 0 Å². The molecule has 0 spiro atoms. The van der Waals surface area contributed by atoms with Gasteiger partial charge in [0.2, 0.25) is 0 Å². The van der Waals surface area contributed by atoms with Gasteiger partial charge in [0.1, 0.15) is 12.0 Å². The Labute approximate surface area is 121 Å². The normalized spacial score (nSPS) is 17.4. The fourth-order valence-electron chi connectivity index (χ4n) is 2.64. The molecule has 5 nitrogen and oxygen atoms in total. The number of hydrogen-bond acceptors (Lipinski definition) is 4. The minimum Gasteiger partial charge on any atom is -0.366 e. The molecule has 0 aromatic carbocycles. The minimum absolute atomic E-state index is 0.0472. The van der Waals surface area contributed by atoms with Gasteiger partial charge in [0.05, 0.1) is 9.40 Å². The van der Waals surface area contributed by atoms with E-state index in [-0.39, 0.29) is 5.69 Å². The van der Waals surface area contributed by atoms with E-state index in [1.807, 2.05) is 0 Å². The first-order valence-electron chi connectivity index (χ1n) is 6.56. The molecule has 0 saturated heterocycles. The van der Waals surface area contributed by atoms with E-state index in [0.29, 0.717) is 27.8 Å². The second-order valence-corrected chi connectivity index (χ2v) is 5.96. The van der Waals surface area contributed by atoms with Crippen LogP contribution in [-0.4, -0.2) is 15.9 Å². The van der Waals surface area contributed by atoms with Gasteiger partial charge in [-0.25, -0.2) is 4.98 Å². The van der Waals surface area contributed by atoms with Crippen molar-refractivity contribution in [3.05, 3.63) is 26.3 Å². The highest BCUT2D eigenvalue weighted by atomic mass is 79.9. The lowest BCUT2D eigenvalue weighted by molar-refractivity contribution is -0.385. The standard InChI is InChI=1S/C13H18BrN3O2/c1-8-11(17(18)19)7-15-13(12(8)14)16-9(2)10-5-3-4-6-10/h7,9-10H,3-6H2,1-2H3,(H,15,16). The molecule has 1 aliphatic rings. The van der Waals surface area contributed by atoms with E-state index in [9.17, 15) is 10.1 Å². The minimum atomic E-state index is -0.405. The summed E-state index contributed by atoms with van der Waals surface area (Å²) >= 11 is 3.41. The molecule has 1 saturated carbocycles. The van der Waals surface area contributed by atoms with Crippen LogP contribution in [0.2, 0.25) is 0 Å². The van der Waals surface area contributed by atoms with Crippen molar-refractivity contribution in [3.63, 3.8) is 0 Å². The van der Waals surface area contributed by atoms with Crippen molar-refractivity contribution in [2.75, 3.05) is 5.32 Å². The lowest BCUT2D eigenvalue weighted by Gasteiger charge is -2.21. The SMILES string of the molecule is Cc1c([N+](=O)[O-])cnc(NC(C)C2CCCC2)c1Br. The van der Waals surface area contributed by atoms with E-state index < -0.39 is 4.92 Å². The Morgan fingerprint density at radius 3 is 2.74 bits per heavy atom. The molecular weight excluding hydrogens is 310 g/mol. The average Bonchev–Trinajstić information content (AvgIpc) is 2.88. The summed E-state index contributed by atoms with van der Waals surface area (Å²) in [6.45, 7) is 3.89. The average molecular weight is 328 g/mol. The first kappa shape index (κ1) is 14.2. The molecule has 1 unspecified atom stereocenters. The molecule has 1 fully saturated rings. The molecule has 1 N–H and O–H groups in total. The fraction of sp³-hybridized carbons (Fsp3) is 0.615. The molecule has 0 aliphatic heterocycles. The molecule has 0 bridgehead atoms. The van der Waals surface area contributed by atoms with Gasteiger partial charge in [-0.15, -0.1) is 0 Å². The molecule has 1 aromatic heterocycles. The van der Waals surface area contributed by atoms with Gasteiger partial charge in [-0.05, 0) is 48.5 Å². The molecule has 1 aromatic rings. The van der Waals surface area contributed by atoms with Crippen LogP contribution in [0, 0.1) is 23.0 Å². The predicted octanol–water partition coefficient (Wildman–Crippen LogP) is 4.05. The molecule has 0 amide bonds. The summed E-state index contributed by atoms with van der Waals surface area (Å²) in [7, 11) is 0. The lowest BCUT2D eigenvalue weighted by Crippen LogP contribution is -2.24. The van der Waals surface area contributed by atoms with E-state index in [1.165, 1.54) is 31.9 Å². The lowest BCUT2D eigenvalue weighted by atomic mass is 10.00. The summed E-state index contributed by atoms with van der Waals surface area (Å²) in [4.78, 5) is 14.6. The van der Waals surface area contributed by atoms with Crippen LogP contribution in [-0.2, 0) is 0 Å². The number of aromatic nitrogens is 1. The summed E-state index contributed by atoms with van der Waals surface area (Å²) in [6, 6.07) is 0.340. The van der Waals surface area contributed by atoms with Crippen LogP contribution < -0.4 is 5.32 Å². The van der Waals surface area contributed by atoms with Crippen LogP contribution >= 0.6 is 15.9 Å². The van der Waals surface area contributed by atoms with Gasteiger partial charge in [-0.2, -0.15) is 0 Å². The van der Waals surface area contributed by atoms with Crippen molar-refractivity contribution < 1.29 is 4.92 Å². The maximum Gasteiger partial charge on any atom is 0.291 e. The molecule has 19 heavy (non-hydrogen) atoms. The van der Waals surface area contributed by atoms with Gasteiger partial charge in [0, 0.05) is 11.6 Å². The molecule has 104 valence electrons. The first-order chi connectivity index (χ1) is 9.00. The summed E-state index contributed by atoms with van der Waals surface area (Å²) in [5.74, 6) is 1.37. The molecule has 2 rings (SSSR count). The molecule has 1 atom stereocenters. The summed E-state index contributed by atoms with van der Waals surface area (Å²) in [5, 5.41) is 14.2. The Hall–Kier alpha value is -1.17. The second-order valence-electron chi connectivity index (χ2n) is 5.17. The number of nitrogens with one attached hydrogen (secondary N) is 1. The molecular formula is C13H18BrN3O2. The number of nitrogens with zero attached hydrogens (tertiary/aromatic N) is 2. The van der Waals surface area contributed by atoms with Gasteiger partial charge in [0.15, 0.2) is 0 Å². The summed E-state index contributed by atoms with van der Waals surface area (Å²) in [6.07, 6.45) is 6.41. The van der Waals surface area contributed by atoms with Crippen molar-refractivity contribution in [3.8, 4) is 0 Å². The van der Waals surface area contributed by atoms with E-state index in [2.05, 4.69) is 33.2 Å². The molecule has 1 heterocycles. The molecule has 6 heteroatoms. The van der Waals surface area contributed by atoms with E-state index in [4.69, 9.17) is 0 Å². The Morgan fingerprint density at radius 1 is 1.53 bits per heavy atom. The van der Waals surface area contributed by atoms with Gasteiger partial charge >= 0.3 is 0 Å². The van der Waals surface area contributed by atoms with Crippen LogP contribution in [0.25, 0.3) is 0 Å². The quantitative estimate of drug-likeness (QED) is 0.669. The smallest absolute Gasteiger partial charge is 0.291 e. The van der Waals surface area contributed by atoms with Crippen LogP contribution in [0.15, 0.2) is 10.7 Å². The maximum absolute atomic E-state index is 10.8. The summed E-state index contributed by atoms with van der Waals surface area (Å²) in [5.41, 5.74) is 0.659. The second kappa shape index (κ2) is 5.86. The third kappa shape index (κ3) is 3.05. The number of halogens is 1. The highest BCUT2D eigenvalue weighted by Crippen LogP contribution is 2.33. The number of nitro groups is 1. The summed E-state index contributed by atoms with van der Waals surface area (Å²) < 4.78 is 0.687. The highest BCUT2D eigenvalue weighted by molar-refractivity contribution is 9.10. The zero-order valence-electron chi connectivity index (χ0n) is 11.1. The van der Waals surface area contributed by atoms with Gasteiger partial charge in [-0.3, -0.25) is 10.1 Å². The van der Waals surface area contributed by atoms with Gasteiger partial charge in [-0.1, -0.05) is 12.8 Å². The largest absolute Gasteiger partial charge is 0.366 e. The molecule has 1 aliphatic carbocycles. The number of hydrogen-bond donors (Lipinski definition) is 1. The zero-order chi connectivity index (χ0) is 14.0. The molecule has 0 radical (unpaired) electrons. The zero-order valence-corrected chi connectivity index (χ0v) is 12.7. The van der Waals surface area contributed by atoms with Crippen LogP contribution in [0.4, 0.5) is 11.5 Å². The van der Waals surface area contributed by atoms with Crippen LogP contribution in [0.5, 0.6) is 0 Å². The monoisotopic (exact) mass is 327 g/mol. The third-order valence-corrected chi connectivity index (χ3v) is 4.88. The van der Waals surface area contributed by atoms with Crippen LogP contribution in [0.3, 0.4) is 0 Å². The number of pyridine rings is 1. The predicted molar refractivity (Wildman–Crippen MR) is 78.4 cm³/mol. The fourth-order valence-corrected chi connectivity index (χ4v) is 3.06. The Balaban J connectivity index is 2.16. The Kier molecular flexibility index (Phi) is 4.39. The maximum atomic E-state index is 10.8. The van der Waals surface area contributed by atoms with Gasteiger partial charge in [0.25, 0.3) is 5.69 Å². The van der Waals surface area contributed by atoms with E-state index >= 15 is 0 Å². The topological polar surface area (TPSA) is 68.1 Å². The Morgan fingerprint density at radius 2 is 2.16 bits per heavy atom. The van der Waals surface area contributed by atoms with E-state index in [1.54, 1.807) is 6.92 Å². The van der Waals surface area contributed by atoms with Crippen molar-refractivity contribution in [2.24, 2.45) is 5.92 Å². The van der Waals surface area contributed by atoms with Crippen molar-refractivity contribution in [2.45, 2.75) is 45.6 Å². The van der Waals surface area contributed by atoms with Crippen molar-refractivity contribution in [1.82, 2.24) is 4.98 Å². The van der Waals surface area contributed by atoms with Crippen molar-refractivity contribution >= 4 is 27.4 Å². The van der Waals surface area contributed by atoms with Gasteiger partial charge < -0.3 is 5.32 Å². The first-order valence-corrected chi connectivity index (χ1v) is 7.36.